The first-order valence-corrected chi connectivity index (χ1v) is 9.03. The highest BCUT2D eigenvalue weighted by Crippen LogP contribution is 2.36. The number of halogens is 1. The molecule has 0 unspecified atom stereocenters. The van der Waals surface area contributed by atoms with Crippen LogP contribution in [0, 0.1) is 0 Å². The molecule has 0 N–H and O–H groups in total. The molecule has 0 aliphatic heterocycles. The predicted octanol–water partition coefficient (Wildman–Crippen LogP) is 4.82. The lowest BCUT2D eigenvalue weighted by Gasteiger charge is -2.12. The molecule has 6 nitrogen and oxygen atoms in total. The molecule has 0 saturated carbocycles. The Kier molecular flexibility index (Phi) is 5.80. The lowest BCUT2D eigenvalue weighted by Crippen LogP contribution is -2.07. The Labute approximate surface area is 159 Å². The van der Waals surface area contributed by atoms with Crippen molar-refractivity contribution >= 4 is 28.9 Å². The van der Waals surface area contributed by atoms with Crippen molar-refractivity contribution in [3.05, 3.63) is 52.2 Å². The summed E-state index contributed by atoms with van der Waals surface area (Å²) in [5.41, 5.74) is 0.781. The minimum atomic E-state index is -0.547. The second-order valence-electron chi connectivity index (χ2n) is 5.12. The molecule has 136 valence electrons. The molecular weight excluding hydrogens is 378 g/mol. The van der Waals surface area contributed by atoms with Gasteiger partial charge in [-0.25, -0.2) is 9.78 Å². The minimum Gasteiger partial charge on any atom is -0.493 e. The second kappa shape index (κ2) is 8.25. The Bertz CT molecular complexity index is 891. The van der Waals surface area contributed by atoms with Gasteiger partial charge in [0, 0.05) is 0 Å². The van der Waals surface area contributed by atoms with Gasteiger partial charge in [-0.15, -0.1) is 11.3 Å². The van der Waals surface area contributed by atoms with Crippen LogP contribution in [0.15, 0.2) is 40.3 Å². The second-order valence-corrected chi connectivity index (χ2v) is 6.47. The van der Waals surface area contributed by atoms with Crippen molar-refractivity contribution in [1.82, 2.24) is 4.98 Å². The molecule has 0 fully saturated rings. The highest BCUT2D eigenvalue weighted by molar-refractivity contribution is 7.13. The summed E-state index contributed by atoms with van der Waals surface area (Å²) in [6, 6.07) is 6.82. The third-order valence-corrected chi connectivity index (χ3v) is 4.53. The van der Waals surface area contributed by atoms with Gasteiger partial charge in [-0.3, -0.25) is 0 Å². The van der Waals surface area contributed by atoms with Crippen LogP contribution in [0.4, 0.5) is 0 Å². The number of ether oxygens (including phenoxy) is 3. The van der Waals surface area contributed by atoms with E-state index < -0.39 is 5.97 Å². The van der Waals surface area contributed by atoms with Crippen LogP contribution in [-0.4, -0.2) is 24.7 Å². The standard InChI is InChI=1S/C18H16ClNO5S/c1-3-23-16-13(19)7-11(8-14(16)22-2)18(21)25-10-12-9-24-17(20-12)15-5-4-6-26-15/h4-9H,3,10H2,1-2H3. The van der Waals surface area contributed by atoms with Crippen molar-refractivity contribution in [3.8, 4) is 22.3 Å². The monoisotopic (exact) mass is 393 g/mol. The van der Waals surface area contributed by atoms with E-state index in [0.29, 0.717) is 29.7 Å². The van der Waals surface area contributed by atoms with E-state index in [9.17, 15) is 4.79 Å². The van der Waals surface area contributed by atoms with E-state index in [1.165, 1.54) is 36.8 Å². The average molecular weight is 394 g/mol. The van der Waals surface area contributed by atoms with E-state index in [0.717, 1.165) is 4.88 Å². The summed E-state index contributed by atoms with van der Waals surface area (Å²) in [6.07, 6.45) is 1.47. The minimum absolute atomic E-state index is 0.0130. The zero-order valence-electron chi connectivity index (χ0n) is 14.2. The van der Waals surface area contributed by atoms with Crippen molar-refractivity contribution in [2.24, 2.45) is 0 Å². The van der Waals surface area contributed by atoms with Gasteiger partial charge >= 0.3 is 5.97 Å². The molecule has 8 heteroatoms. The maximum Gasteiger partial charge on any atom is 0.338 e. The summed E-state index contributed by atoms with van der Waals surface area (Å²) in [4.78, 5) is 17.5. The smallest absolute Gasteiger partial charge is 0.338 e. The summed E-state index contributed by atoms with van der Waals surface area (Å²) < 4.78 is 21.3. The largest absolute Gasteiger partial charge is 0.493 e. The Morgan fingerprint density at radius 1 is 1.38 bits per heavy atom. The molecule has 0 aliphatic carbocycles. The number of rotatable bonds is 7. The SMILES string of the molecule is CCOc1c(Cl)cc(C(=O)OCc2coc(-c3cccs3)n2)cc1OC. The Morgan fingerprint density at radius 3 is 2.92 bits per heavy atom. The molecule has 3 rings (SSSR count). The fourth-order valence-corrected chi connectivity index (χ4v) is 3.15. The van der Waals surface area contributed by atoms with Gasteiger partial charge < -0.3 is 18.6 Å². The number of esters is 1. The number of carbonyl (C=O) groups excluding carboxylic acids is 1. The number of hydrogen-bond acceptors (Lipinski definition) is 7. The molecule has 0 spiro atoms. The zero-order chi connectivity index (χ0) is 18.5. The molecule has 26 heavy (non-hydrogen) atoms. The molecule has 0 amide bonds. The van der Waals surface area contributed by atoms with Crippen LogP contribution < -0.4 is 9.47 Å². The molecule has 0 saturated heterocycles. The number of methoxy groups -OCH3 is 1. The third-order valence-electron chi connectivity index (χ3n) is 3.39. The van der Waals surface area contributed by atoms with E-state index in [2.05, 4.69) is 4.98 Å². The summed E-state index contributed by atoms with van der Waals surface area (Å²) in [7, 11) is 1.48. The topological polar surface area (TPSA) is 70.8 Å². The van der Waals surface area contributed by atoms with Gasteiger partial charge in [0.25, 0.3) is 0 Å². The summed E-state index contributed by atoms with van der Waals surface area (Å²) >= 11 is 7.69. The maximum absolute atomic E-state index is 12.3. The summed E-state index contributed by atoms with van der Waals surface area (Å²) in [5.74, 6) is 0.712. The Morgan fingerprint density at radius 2 is 2.23 bits per heavy atom. The van der Waals surface area contributed by atoms with Crippen molar-refractivity contribution < 1.29 is 23.4 Å². The first kappa shape index (κ1) is 18.3. The van der Waals surface area contributed by atoms with E-state index in [1.54, 1.807) is 0 Å². The lowest BCUT2D eigenvalue weighted by atomic mass is 10.2. The molecule has 0 atom stereocenters. The quantitative estimate of drug-likeness (QED) is 0.536. The fourth-order valence-electron chi connectivity index (χ4n) is 2.23. The molecule has 1 aromatic carbocycles. The van der Waals surface area contributed by atoms with Crippen LogP contribution in [0.25, 0.3) is 10.8 Å². The van der Waals surface area contributed by atoms with Crippen LogP contribution in [0.1, 0.15) is 23.0 Å². The Hall–Kier alpha value is -2.51. The van der Waals surface area contributed by atoms with Crippen LogP contribution in [0.3, 0.4) is 0 Å². The highest BCUT2D eigenvalue weighted by Gasteiger charge is 2.17. The predicted molar refractivity (Wildman–Crippen MR) is 98.1 cm³/mol. The summed E-state index contributed by atoms with van der Waals surface area (Å²) in [6.45, 7) is 2.25. The normalized spacial score (nSPS) is 10.6. The van der Waals surface area contributed by atoms with Crippen LogP contribution in [0.2, 0.25) is 5.02 Å². The third kappa shape index (κ3) is 4.00. The molecule has 2 aromatic heterocycles. The van der Waals surface area contributed by atoms with Gasteiger partial charge in [0.2, 0.25) is 5.89 Å². The van der Waals surface area contributed by atoms with Gasteiger partial charge in [-0.2, -0.15) is 0 Å². The van der Waals surface area contributed by atoms with Gasteiger partial charge in [-0.1, -0.05) is 17.7 Å². The molecule has 0 aliphatic rings. The molecular formula is C18H16ClNO5S. The first-order valence-electron chi connectivity index (χ1n) is 7.78. The Balaban J connectivity index is 1.69. The lowest BCUT2D eigenvalue weighted by molar-refractivity contribution is 0.0467. The van der Waals surface area contributed by atoms with Crippen molar-refractivity contribution in [1.29, 1.82) is 0 Å². The maximum atomic E-state index is 12.3. The average Bonchev–Trinajstić information content (AvgIpc) is 3.32. The number of carbonyl (C=O) groups is 1. The van der Waals surface area contributed by atoms with E-state index in [4.69, 9.17) is 30.2 Å². The van der Waals surface area contributed by atoms with Gasteiger partial charge in [0.1, 0.15) is 18.6 Å². The number of aromatic nitrogens is 1. The van der Waals surface area contributed by atoms with E-state index >= 15 is 0 Å². The number of thiophene rings is 1. The molecule has 0 bridgehead atoms. The first-order chi connectivity index (χ1) is 12.6. The fraction of sp³-hybridized carbons (Fsp3) is 0.222. The highest BCUT2D eigenvalue weighted by atomic mass is 35.5. The van der Waals surface area contributed by atoms with E-state index in [-0.39, 0.29) is 17.2 Å². The molecule has 2 heterocycles. The van der Waals surface area contributed by atoms with Crippen LogP contribution >= 0.6 is 22.9 Å². The number of hydrogen-bond donors (Lipinski definition) is 0. The zero-order valence-corrected chi connectivity index (χ0v) is 15.7. The van der Waals surface area contributed by atoms with Crippen molar-refractivity contribution in [2.75, 3.05) is 13.7 Å². The van der Waals surface area contributed by atoms with Crippen LogP contribution in [-0.2, 0) is 11.3 Å². The molecule has 0 radical (unpaired) electrons. The number of benzene rings is 1. The molecule has 3 aromatic rings. The van der Waals surface area contributed by atoms with Gasteiger partial charge in [-0.05, 0) is 30.5 Å². The van der Waals surface area contributed by atoms with Crippen molar-refractivity contribution in [2.45, 2.75) is 13.5 Å². The number of oxazole rings is 1. The van der Waals surface area contributed by atoms with Gasteiger partial charge in [0.15, 0.2) is 11.5 Å². The van der Waals surface area contributed by atoms with Gasteiger partial charge in [0.05, 0.1) is 29.2 Å². The van der Waals surface area contributed by atoms with E-state index in [1.807, 2.05) is 24.4 Å². The van der Waals surface area contributed by atoms with Crippen LogP contribution in [0.5, 0.6) is 11.5 Å². The summed E-state index contributed by atoms with van der Waals surface area (Å²) in [5, 5.41) is 2.21. The number of nitrogens with zero attached hydrogens (tertiary/aromatic N) is 1. The van der Waals surface area contributed by atoms with Crippen molar-refractivity contribution in [3.63, 3.8) is 0 Å².